The summed E-state index contributed by atoms with van der Waals surface area (Å²) in [6.45, 7) is 1.77. The van der Waals surface area contributed by atoms with Gasteiger partial charge in [-0.1, -0.05) is 6.07 Å². The second kappa shape index (κ2) is 5.95. The maximum atomic E-state index is 11.2. The van der Waals surface area contributed by atoms with E-state index in [4.69, 9.17) is 5.11 Å². The van der Waals surface area contributed by atoms with Gasteiger partial charge in [0.1, 0.15) is 0 Å². The third kappa shape index (κ3) is 2.96. The van der Waals surface area contributed by atoms with Crippen LogP contribution in [-0.4, -0.2) is 21.0 Å². The lowest BCUT2D eigenvalue weighted by atomic mass is 10.1. The first-order chi connectivity index (χ1) is 10.6. The number of benzene rings is 1. The Hall–Kier alpha value is -2.73. The van der Waals surface area contributed by atoms with Crippen molar-refractivity contribution in [2.75, 3.05) is 5.32 Å². The highest BCUT2D eigenvalue weighted by molar-refractivity contribution is 7.14. The highest BCUT2D eigenvalue weighted by Gasteiger charge is 2.09. The van der Waals surface area contributed by atoms with E-state index in [2.05, 4.69) is 15.3 Å². The number of hydrogen-bond donors (Lipinski definition) is 2. The van der Waals surface area contributed by atoms with Crippen molar-refractivity contribution in [1.82, 2.24) is 9.97 Å². The Balaban J connectivity index is 1.84. The number of aryl methyl sites for hydroxylation is 1. The van der Waals surface area contributed by atoms with Gasteiger partial charge in [0.05, 0.1) is 11.3 Å². The number of thiazole rings is 1. The predicted molar refractivity (Wildman–Crippen MR) is 86.8 cm³/mol. The Labute approximate surface area is 131 Å². The Morgan fingerprint density at radius 1 is 1.32 bits per heavy atom. The van der Waals surface area contributed by atoms with Crippen LogP contribution in [0.3, 0.4) is 0 Å². The van der Waals surface area contributed by atoms with E-state index < -0.39 is 5.97 Å². The van der Waals surface area contributed by atoms with Gasteiger partial charge >= 0.3 is 5.97 Å². The van der Waals surface area contributed by atoms with Crippen molar-refractivity contribution in [3.8, 4) is 11.3 Å². The van der Waals surface area contributed by atoms with Crippen LogP contribution in [0.15, 0.2) is 48.1 Å². The molecule has 1 aromatic carbocycles. The van der Waals surface area contributed by atoms with E-state index in [-0.39, 0.29) is 5.56 Å². The third-order valence-corrected chi connectivity index (χ3v) is 3.94. The average molecular weight is 311 g/mol. The molecular weight excluding hydrogens is 298 g/mol. The van der Waals surface area contributed by atoms with Gasteiger partial charge in [-0.25, -0.2) is 9.78 Å². The van der Waals surface area contributed by atoms with Crippen LogP contribution in [0.1, 0.15) is 15.9 Å². The molecule has 0 spiro atoms. The van der Waals surface area contributed by atoms with Gasteiger partial charge < -0.3 is 10.4 Å². The number of nitrogens with one attached hydrogen (secondary N) is 1. The van der Waals surface area contributed by atoms with Crippen molar-refractivity contribution >= 4 is 28.1 Å². The monoisotopic (exact) mass is 311 g/mol. The van der Waals surface area contributed by atoms with Crippen molar-refractivity contribution in [1.29, 1.82) is 0 Å². The number of pyridine rings is 1. The Bertz CT molecular complexity index is 815. The van der Waals surface area contributed by atoms with Gasteiger partial charge in [0.25, 0.3) is 0 Å². The van der Waals surface area contributed by atoms with Gasteiger partial charge in [0.15, 0.2) is 5.13 Å². The van der Waals surface area contributed by atoms with Crippen molar-refractivity contribution < 1.29 is 9.90 Å². The summed E-state index contributed by atoms with van der Waals surface area (Å²) in [7, 11) is 0. The zero-order chi connectivity index (χ0) is 15.5. The summed E-state index contributed by atoms with van der Waals surface area (Å²) in [6.07, 6.45) is 3.47. The van der Waals surface area contributed by atoms with Crippen LogP contribution in [0, 0.1) is 6.92 Å². The second-order valence-electron chi connectivity index (χ2n) is 4.74. The van der Waals surface area contributed by atoms with E-state index in [1.807, 2.05) is 23.6 Å². The topological polar surface area (TPSA) is 75.1 Å². The van der Waals surface area contributed by atoms with Crippen LogP contribution in [0.2, 0.25) is 0 Å². The molecule has 0 bridgehead atoms. The first-order valence-electron chi connectivity index (χ1n) is 6.60. The van der Waals surface area contributed by atoms with Gasteiger partial charge in [0, 0.05) is 29.0 Å². The second-order valence-corrected chi connectivity index (χ2v) is 5.60. The van der Waals surface area contributed by atoms with Crippen LogP contribution in [-0.2, 0) is 0 Å². The quantitative estimate of drug-likeness (QED) is 0.763. The Morgan fingerprint density at radius 3 is 2.91 bits per heavy atom. The van der Waals surface area contributed by atoms with Gasteiger partial charge in [-0.3, -0.25) is 4.98 Å². The molecule has 0 aliphatic rings. The molecule has 0 aliphatic heterocycles. The van der Waals surface area contributed by atoms with E-state index >= 15 is 0 Å². The molecule has 22 heavy (non-hydrogen) atoms. The van der Waals surface area contributed by atoms with E-state index in [1.165, 1.54) is 11.3 Å². The fourth-order valence-electron chi connectivity index (χ4n) is 2.03. The van der Waals surface area contributed by atoms with E-state index in [0.717, 1.165) is 16.8 Å². The van der Waals surface area contributed by atoms with Crippen LogP contribution < -0.4 is 5.32 Å². The van der Waals surface area contributed by atoms with Crippen LogP contribution in [0.5, 0.6) is 0 Å². The SMILES string of the molecule is Cc1ccc(Nc2nc(-c3cccnc3)cs2)cc1C(=O)O. The highest BCUT2D eigenvalue weighted by Crippen LogP contribution is 2.27. The first kappa shape index (κ1) is 14.2. The molecule has 2 N–H and O–H groups in total. The van der Waals surface area contributed by atoms with E-state index in [9.17, 15) is 4.79 Å². The largest absolute Gasteiger partial charge is 0.478 e. The summed E-state index contributed by atoms with van der Waals surface area (Å²) in [5.74, 6) is -0.934. The smallest absolute Gasteiger partial charge is 0.336 e. The number of rotatable bonds is 4. The fourth-order valence-corrected chi connectivity index (χ4v) is 2.77. The molecule has 3 aromatic rings. The van der Waals surface area contributed by atoms with Crippen molar-refractivity contribution in [3.05, 3.63) is 59.2 Å². The molecule has 0 saturated carbocycles. The zero-order valence-electron chi connectivity index (χ0n) is 11.8. The molecule has 0 aliphatic carbocycles. The summed E-state index contributed by atoms with van der Waals surface area (Å²) < 4.78 is 0. The summed E-state index contributed by atoms with van der Waals surface area (Å²) in [4.78, 5) is 19.7. The molecule has 0 radical (unpaired) electrons. The molecular formula is C16H13N3O2S. The number of anilines is 2. The summed E-state index contributed by atoms with van der Waals surface area (Å²) in [5, 5.41) is 14.9. The Morgan fingerprint density at radius 2 is 2.18 bits per heavy atom. The minimum absolute atomic E-state index is 0.286. The lowest BCUT2D eigenvalue weighted by Gasteiger charge is -2.06. The van der Waals surface area contributed by atoms with Crippen LogP contribution in [0.4, 0.5) is 10.8 Å². The summed E-state index contributed by atoms with van der Waals surface area (Å²) >= 11 is 1.46. The van der Waals surface area contributed by atoms with Crippen LogP contribution >= 0.6 is 11.3 Å². The van der Waals surface area contributed by atoms with Crippen molar-refractivity contribution in [2.45, 2.75) is 6.92 Å². The lowest BCUT2D eigenvalue weighted by Crippen LogP contribution is -2.01. The molecule has 3 rings (SSSR count). The number of hydrogen-bond acceptors (Lipinski definition) is 5. The maximum Gasteiger partial charge on any atom is 0.336 e. The van der Waals surface area contributed by atoms with Gasteiger partial charge in [0.2, 0.25) is 0 Å². The standard InChI is InChI=1S/C16H13N3O2S/c1-10-4-5-12(7-13(10)15(20)21)18-16-19-14(9-22-16)11-3-2-6-17-8-11/h2-9H,1H3,(H,18,19)(H,20,21). The minimum Gasteiger partial charge on any atom is -0.478 e. The van der Waals surface area contributed by atoms with Gasteiger partial charge in [-0.05, 0) is 36.8 Å². The fraction of sp³-hybridized carbons (Fsp3) is 0.0625. The van der Waals surface area contributed by atoms with Gasteiger partial charge in [-0.2, -0.15) is 0 Å². The normalized spacial score (nSPS) is 10.4. The van der Waals surface area contributed by atoms with Crippen molar-refractivity contribution in [2.24, 2.45) is 0 Å². The first-order valence-corrected chi connectivity index (χ1v) is 7.48. The molecule has 0 amide bonds. The van der Waals surface area contributed by atoms with E-state index in [0.29, 0.717) is 10.8 Å². The van der Waals surface area contributed by atoms with Crippen LogP contribution in [0.25, 0.3) is 11.3 Å². The number of carbonyl (C=O) groups is 1. The number of carboxylic acid groups (broad SMARTS) is 1. The average Bonchev–Trinajstić information content (AvgIpc) is 2.98. The summed E-state index contributed by atoms with van der Waals surface area (Å²) in [6, 6.07) is 9.04. The molecule has 0 fully saturated rings. The molecule has 2 aromatic heterocycles. The van der Waals surface area contributed by atoms with E-state index in [1.54, 1.807) is 31.5 Å². The minimum atomic E-state index is -0.934. The third-order valence-electron chi connectivity index (χ3n) is 3.18. The van der Waals surface area contributed by atoms with Crippen molar-refractivity contribution in [3.63, 3.8) is 0 Å². The maximum absolute atomic E-state index is 11.2. The highest BCUT2D eigenvalue weighted by atomic mass is 32.1. The molecule has 2 heterocycles. The molecule has 0 saturated heterocycles. The number of carboxylic acids is 1. The molecule has 6 heteroatoms. The molecule has 110 valence electrons. The summed E-state index contributed by atoms with van der Waals surface area (Å²) in [5.41, 5.74) is 3.51. The molecule has 5 nitrogen and oxygen atoms in total. The number of aromatic carboxylic acids is 1. The number of aromatic nitrogens is 2. The predicted octanol–water partition coefficient (Wildman–Crippen LogP) is 3.96. The molecule has 0 unspecified atom stereocenters. The lowest BCUT2D eigenvalue weighted by molar-refractivity contribution is 0.0696. The van der Waals surface area contributed by atoms with Gasteiger partial charge in [-0.15, -0.1) is 11.3 Å². The number of nitrogens with zero attached hydrogens (tertiary/aromatic N) is 2. The Kier molecular flexibility index (Phi) is 3.84. The zero-order valence-corrected chi connectivity index (χ0v) is 12.6. The molecule has 0 atom stereocenters.